The molecule has 3 atom stereocenters. The van der Waals surface area contributed by atoms with Crippen molar-refractivity contribution in [2.75, 3.05) is 19.6 Å². The number of likely N-dealkylation sites (tertiary alicyclic amines) is 1. The fourth-order valence-electron chi connectivity index (χ4n) is 6.73. The van der Waals surface area contributed by atoms with E-state index in [0.29, 0.717) is 32.0 Å². The summed E-state index contributed by atoms with van der Waals surface area (Å²) in [6.07, 6.45) is 6.22. The van der Waals surface area contributed by atoms with E-state index >= 15 is 0 Å². The van der Waals surface area contributed by atoms with E-state index in [4.69, 9.17) is 9.47 Å². The van der Waals surface area contributed by atoms with E-state index in [-0.39, 0.29) is 47.5 Å². The summed E-state index contributed by atoms with van der Waals surface area (Å²) in [7, 11) is 0. The molecule has 5 aliphatic rings. The van der Waals surface area contributed by atoms with Gasteiger partial charge in [0.1, 0.15) is 11.7 Å². The van der Waals surface area contributed by atoms with Gasteiger partial charge in [-0.2, -0.15) is 0 Å². The van der Waals surface area contributed by atoms with E-state index in [1.54, 1.807) is 15.9 Å². The Morgan fingerprint density at radius 2 is 1.88 bits per heavy atom. The van der Waals surface area contributed by atoms with Gasteiger partial charge in [-0.15, -0.1) is 6.58 Å². The predicted octanol–water partition coefficient (Wildman–Crippen LogP) is 4.28. The van der Waals surface area contributed by atoms with Crippen molar-refractivity contribution in [1.82, 2.24) is 13.3 Å². The molecule has 33 heavy (non-hydrogen) atoms. The van der Waals surface area contributed by atoms with Crippen molar-refractivity contribution in [1.29, 1.82) is 0 Å². The van der Waals surface area contributed by atoms with E-state index in [1.165, 1.54) is 0 Å². The molecule has 184 valence electrons. The second-order valence-corrected chi connectivity index (χ2v) is 11.9. The van der Waals surface area contributed by atoms with Gasteiger partial charge in [0, 0.05) is 19.6 Å². The van der Waals surface area contributed by atoms with Gasteiger partial charge in [-0.3, -0.25) is 13.2 Å². The molecule has 0 spiro atoms. The van der Waals surface area contributed by atoms with Crippen molar-refractivity contribution in [2.45, 2.75) is 77.0 Å². The maximum Gasteiger partial charge on any atom is 0.410 e. The molecule has 5 fully saturated rings. The first-order valence-electron chi connectivity index (χ1n) is 12.0. The lowest BCUT2D eigenvalue weighted by Crippen LogP contribution is -2.59. The van der Waals surface area contributed by atoms with E-state index in [2.05, 4.69) is 10.1 Å². The molecule has 1 heterocycles. The Hall–Kier alpha value is -1.52. The molecule has 3 unspecified atom stereocenters. The summed E-state index contributed by atoms with van der Waals surface area (Å²) in [4.78, 5) is 41.8. The third-order valence-electron chi connectivity index (χ3n) is 7.81. The van der Waals surface area contributed by atoms with E-state index in [9.17, 15) is 14.4 Å². The summed E-state index contributed by atoms with van der Waals surface area (Å²) in [6, 6.07) is -0.125. The van der Waals surface area contributed by atoms with E-state index in [1.807, 2.05) is 43.6 Å². The normalized spacial score (nSPS) is 34.7. The summed E-state index contributed by atoms with van der Waals surface area (Å²) in [5.74, 6) is 1.21. The van der Waals surface area contributed by atoms with Crippen LogP contribution in [0.5, 0.6) is 0 Å². The minimum absolute atomic E-state index is 0.113. The minimum atomic E-state index is -0.585. The lowest BCUT2D eigenvalue weighted by atomic mass is 9.48. The van der Waals surface area contributed by atoms with Gasteiger partial charge in [-0.25, -0.2) is 9.59 Å². The van der Waals surface area contributed by atoms with Crippen molar-refractivity contribution in [2.24, 2.45) is 23.2 Å². The molecule has 1 saturated heterocycles. The highest BCUT2D eigenvalue weighted by molar-refractivity contribution is 14.1. The van der Waals surface area contributed by atoms with Crippen LogP contribution in [0, 0.1) is 23.2 Å². The number of rotatable bonds is 5. The summed E-state index contributed by atoms with van der Waals surface area (Å²) in [5.41, 5.74) is -0.864. The molecule has 8 nitrogen and oxygen atoms in total. The summed E-state index contributed by atoms with van der Waals surface area (Å²) in [6.45, 7) is 10.6. The molecule has 1 N–H and O–H groups in total. The van der Waals surface area contributed by atoms with Gasteiger partial charge in [0.25, 0.3) is 0 Å². The van der Waals surface area contributed by atoms with Crippen molar-refractivity contribution in [3.63, 3.8) is 0 Å². The highest BCUT2D eigenvalue weighted by atomic mass is 127. The van der Waals surface area contributed by atoms with Crippen LogP contribution in [0.15, 0.2) is 12.7 Å². The number of nitrogens with one attached hydrogen (secondary N) is 1. The Labute approximate surface area is 210 Å². The lowest BCUT2D eigenvalue weighted by molar-refractivity contribution is -0.162. The number of carbonyl (C=O) groups is 3. The molecule has 1 aliphatic heterocycles. The molecule has 4 aliphatic carbocycles. The van der Waals surface area contributed by atoms with Crippen LogP contribution < -0.4 is 3.53 Å². The summed E-state index contributed by atoms with van der Waals surface area (Å²) >= 11 is 1.94. The quantitative estimate of drug-likeness (QED) is 0.302. The Morgan fingerprint density at radius 3 is 2.45 bits per heavy atom. The van der Waals surface area contributed by atoms with Crippen LogP contribution in [-0.4, -0.2) is 65.3 Å². The lowest BCUT2D eigenvalue weighted by Gasteiger charge is -2.58. The zero-order chi connectivity index (χ0) is 24.0. The maximum absolute atomic E-state index is 13.1. The van der Waals surface area contributed by atoms with Crippen LogP contribution in [0.4, 0.5) is 9.59 Å². The van der Waals surface area contributed by atoms with Crippen molar-refractivity contribution in [3.8, 4) is 0 Å². The summed E-state index contributed by atoms with van der Waals surface area (Å²) < 4.78 is 14.5. The summed E-state index contributed by atoms with van der Waals surface area (Å²) in [5, 5.41) is 0. The van der Waals surface area contributed by atoms with Gasteiger partial charge in [-0.05, 0) is 77.0 Å². The highest BCUT2D eigenvalue weighted by Crippen LogP contribution is 2.61. The van der Waals surface area contributed by atoms with E-state index in [0.717, 1.165) is 32.1 Å². The average molecular weight is 573 g/mol. The zero-order valence-corrected chi connectivity index (χ0v) is 22.0. The Kier molecular flexibility index (Phi) is 6.90. The molecule has 5 rings (SSSR count). The number of carbonyl (C=O) groups excluding carboxylic acids is 3. The predicted molar refractivity (Wildman–Crippen MR) is 132 cm³/mol. The molecule has 4 bridgehead atoms. The van der Waals surface area contributed by atoms with Crippen LogP contribution in [-0.2, 0) is 14.3 Å². The average Bonchev–Trinajstić information content (AvgIpc) is 3.22. The fraction of sp³-hybridized carbons (Fsp3) is 0.792. The molecule has 4 saturated carbocycles. The van der Waals surface area contributed by atoms with Crippen molar-refractivity contribution >= 4 is 41.0 Å². The third kappa shape index (κ3) is 4.98. The first kappa shape index (κ1) is 24.6. The molecule has 0 aromatic rings. The van der Waals surface area contributed by atoms with Gasteiger partial charge in [-0.1, -0.05) is 6.08 Å². The number of halogens is 1. The molecule has 0 radical (unpaired) electrons. The highest BCUT2D eigenvalue weighted by Gasteiger charge is 2.59. The minimum Gasteiger partial charge on any atom is -0.446 e. The Bertz CT molecular complexity index is 796. The van der Waals surface area contributed by atoms with Crippen LogP contribution >= 0.6 is 22.9 Å². The van der Waals surface area contributed by atoms with Crippen LogP contribution in [0.2, 0.25) is 0 Å². The van der Waals surface area contributed by atoms with Gasteiger partial charge >= 0.3 is 12.2 Å². The topological polar surface area (TPSA) is 88.2 Å². The monoisotopic (exact) mass is 573 g/mol. The standard InChI is InChI=1S/C24H36IN3O5/c1-5-7-28(22(31)33-23(2,3)4)18-6-8-27(14-18)21(30)32-19-16-9-15-10-17(19)13-24(11-15,12-16)20(29)26-25/h5,15-19H,1,6-14H2,2-4H3,(H,26,29). The number of amides is 3. The van der Waals surface area contributed by atoms with Gasteiger partial charge < -0.3 is 14.4 Å². The number of nitrogens with zero attached hydrogens (tertiary/aromatic N) is 2. The largest absolute Gasteiger partial charge is 0.446 e. The van der Waals surface area contributed by atoms with Crippen LogP contribution in [0.3, 0.4) is 0 Å². The molecule has 9 heteroatoms. The SMILES string of the molecule is C=CCN(C(=O)OC(C)(C)C)C1CCN(C(=O)OC2C3CC4CC2CC(C(=O)NI)(C4)C3)C1. The third-order valence-corrected chi connectivity index (χ3v) is 8.30. The van der Waals surface area contributed by atoms with Gasteiger partial charge in [0.2, 0.25) is 5.91 Å². The van der Waals surface area contributed by atoms with Crippen molar-refractivity contribution in [3.05, 3.63) is 12.7 Å². The molecule has 0 aromatic carbocycles. The fourth-order valence-corrected chi connectivity index (χ4v) is 7.31. The second kappa shape index (κ2) is 9.26. The number of ether oxygens (including phenoxy) is 2. The first-order chi connectivity index (χ1) is 15.5. The van der Waals surface area contributed by atoms with Crippen LogP contribution in [0.25, 0.3) is 0 Å². The van der Waals surface area contributed by atoms with Crippen LogP contribution in [0.1, 0.15) is 59.3 Å². The first-order valence-corrected chi connectivity index (χ1v) is 13.1. The second-order valence-electron chi connectivity index (χ2n) is 11.3. The molecular formula is C24H36IN3O5. The van der Waals surface area contributed by atoms with Gasteiger partial charge in [0.05, 0.1) is 34.3 Å². The number of hydrogen-bond donors (Lipinski definition) is 1. The molecule has 0 aromatic heterocycles. The molecule has 3 amide bonds. The van der Waals surface area contributed by atoms with E-state index < -0.39 is 5.60 Å². The molecular weight excluding hydrogens is 537 g/mol. The van der Waals surface area contributed by atoms with Crippen molar-refractivity contribution < 1.29 is 23.9 Å². The zero-order valence-electron chi connectivity index (χ0n) is 19.8. The smallest absolute Gasteiger partial charge is 0.410 e. The maximum atomic E-state index is 13.1. The van der Waals surface area contributed by atoms with Gasteiger partial charge in [0.15, 0.2) is 0 Å². The Balaban J connectivity index is 1.37. The number of hydrogen-bond acceptors (Lipinski definition) is 5. The Morgan fingerprint density at radius 1 is 1.21 bits per heavy atom.